The van der Waals surface area contributed by atoms with Crippen LogP contribution in [0.15, 0.2) is 36.4 Å². The minimum Gasteiger partial charge on any atom is -0.872 e. The first-order valence-corrected chi connectivity index (χ1v) is 11.4. The molecule has 174 valence electrons. The lowest BCUT2D eigenvalue weighted by molar-refractivity contribution is -0.267. The fraction of sp³-hybridized carbons (Fsp3) is 0.464. The maximum atomic E-state index is 13.0. The molecule has 0 aliphatic carbocycles. The van der Waals surface area contributed by atoms with Gasteiger partial charge in [0.05, 0.1) is 6.61 Å². The fourth-order valence-corrected chi connectivity index (χ4v) is 3.53. The molecule has 32 heavy (non-hydrogen) atoms. The SMILES string of the molecule is CCCCCOc1c(-c2cc(/C=C/C(=O)O)ccc2[O-])cc(C(C)(C)C)cc1C(C)(C)C. The van der Waals surface area contributed by atoms with Crippen LogP contribution in [0.4, 0.5) is 0 Å². The van der Waals surface area contributed by atoms with Crippen molar-refractivity contribution in [2.45, 2.75) is 78.6 Å². The molecular formula is C28H37O4-. The summed E-state index contributed by atoms with van der Waals surface area (Å²) < 4.78 is 6.36. The first-order valence-electron chi connectivity index (χ1n) is 11.4. The molecule has 0 radical (unpaired) electrons. The van der Waals surface area contributed by atoms with Gasteiger partial charge >= 0.3 is 5.97 Å². The van der Waals surface area contributed by atoms with E-state index in [9.17, 15) is 9.90 Å². The zero-order chi connectivity index (χ0) is 24.1. The van der Waals surface area contributed by atoms with Crippen molar-refractivity contribution >= 4 is 12.0 Å². The van der Waals surface area contributed by atoms with Gasteiger partial charge in [-0.2, -0.15) is 0 Å². The molecule has 0 aliphatic heterocycles. The number of carboxylic acids is 1. The lowest BCUT2D eigenvalue weighted by Gasteiger charge is -2.30. The van der Waals surface area contributed by atoms with E-state index < -0.39 is 5.97 Å². The van der Waals surface area contributed by atoms with Crippen LogP contribution >= 0.6 is 0 Å². The maximum absolute atomic E-state index is 13.0. The average molecular weight is 438 g/mol. The van der Waals surface area contributed by atoms with Crippen molar-refractivity contribution in [3.8, 4) is 22.6 Å². The Hall–Kier alpha value is -2.75. The summed E-state index contributed by atoms with van der Waals surface area (Å²) in [5.41, 5.74) is 3.87. The summed E-state index contributed by atoms with van der Waals surface area (Å²) in [5, 5.41) is 21.9. The third-order valence-corrected chi connectivity index (χ3v) is 5.47. The van der Waals surface area contributed by atoms with Gasteiger partial charge in [-0.3, -0.25) is 0 Å². The van der Waals surface area contributed by atoms with E-state index in [0.717, 1.165) is 47.8 Å². The van der Waals surface area contributed by atoms with Crippen LogP contribution in [0.2, 0.25) is 0 Å². The quantitative estimate of drug-likeness (QED) is 0.369. The molecule has 0 fully saturated rings. The van der Waals surface area contributed by atoms with E-state index in [1.54, 1.807) is 12.1 Å². The van der Waals surface area contributed by atoms with Gasteiger partial charge in [0.15, 0.2) is 0 Å². The second-order valence-corrected chi connectivity index (χ2v) is 10.4. The standard InChI is InChI=1S/C28H38O4/c1-8-9-10-15-32-26-22(17-20(27(2,3)4)18-23(26)28(5,6)7)21-16-19(11-13-24(21)29)12-14-25(30)31/h11-14,16-18,29H,8-10,15H2,1-7H3,(H,30,31)/p-1/b14-12+. The third-order valence-electron chi connectivity index (χ3n) is 5.47. The van der Waals surface area contributed by atoms with Gasteiger partial charge < -0.3 is 14.9 Å². The van der Waals surface area contributed by atoms with Crippen LogP contribution in [0, 0.1) is 0 Å². The van der Waals surface area contributed by atoms with E-state index in [1.807, 2.05) is 0 Å². The number of hydrogen-bond donors (Lipinski definition) is 1. The Morgan fingerprint density at radius 2 is 1.69 bits per heavy atom. The predicted octanol–water partition coefficient (Wildman–Crippen LogP) is 6.69. The van der Waals surface area contributed by atoms with Crippen LogP contribution in [0.1, 0.15) is 84.4 Å². The van der Waals surface area contributed by atoms with Crippen LogP contribution < -0.4 is 9.84 Å². The Balaban J connectivity index is 2.78. The molecule has 0 bridgehead atoms. The Kier molecular flexibility index (Phi) is 8.17. The topological polar surface area (TPSA) is 69.6 Å². The van der Waals surface area contributed by atoms with Gasteiger partial charge in [0.1, 0.15) is 5.75 Å². The van der Waals surface area contributed by atoms with Crippen LogP contribution in [0.3, 0.4) is 0 Å². The van der Waals surface area contributed by atoms with Crippen molar-refractivity contribution in [2.75, 3.05) is 6.61 Å². The van der Waals surface area contributed by atoms with Crippen molar-refractivity contribution < 1.29 is 19.7 Å². The Bertz CT molecular complexity index is 972. The van der Waals surface area contributed by atoms with Crippen LogP contribution in [0.25, 0.3) is 17.2 Å². The highest BCUT2D eigenvalue weighted by Crippen LogP contribution is 2.45. The molecule has 4 nitrogen and oxygen atoms in total. The molecule has 2 aromatic carbocycles. The van der Waals surface area contributed by atoms with E-state index in [1.165, 1.54) is 12.1 Å². The van der Waals surface area contributed by atoms with E-state index in [4.69, 9.17) is 9.84 Å². The van der Waals surface area contributed by atoms with Gasteiger partial charge in [-0.25, -0.2) is 4.79 Å². The first-order chi connectivity index (χ1) is 14.8. The van der Waals surface area contributed by atoms with E-state index in [2.05, 4.69) is 60.6 Å². The Morgan fingerprint density at radius 1 is 1.00 bits per heavy atom. The molecule has 2 rings (SSSR count). The molecule has 0 amide bonds. The lowest BCUT2D eigenvalue weighted by atomic mass is 9.78. The maximum Gasteiger partial charge on any atom is 0.328 e. The number of rotatable bonds is 8. The summed E-state index contributed by atoms with van der Waals surface area (Å²) in [5.74, 6) is -0.387. The van der Waals surface area contributed by atoms with Gasteiger partial charge in [0.2, 0.25) is 0 Å². The molecule has 0 saturated heterocycles. The predicted molar refractivity (Wildman–Crippen MR) is 130 cm³/mol. The number of ether oxygens (including phenoxy) is 1. The molecular weight excluding hydrogens is 400 g/mol. The second-order valence-electron chi connectivity index (χ2n) is 10.4. The van der Waals surface area contributed by atoms with Crippen molar-refractivity contribution in [1.29, 1.82) is 0 Å². The largest absolute Gasteiger partial charge is 0.872 e. The molecule has 0 saturated carbocycles. The molecule has 1 N–H and O–H groups in total. The Morgan fingerprint density at radius 3 is 2.25 bits per heavy atom. The number of hydrogen-bond acceptors (Lipinski definition) is 3. The van der Waals surface area contributed by atoms with Crippen LogP contribution in [-0.2, 0) is 15.6 Å². The number of aliphatic carboxylic acids is 1. The van der Waals surface area contributed by atoms with E-state index >= 15 is 0 Å². The second kappa shape index (κ2) is 10.2. The van der Waals surface area contributed by atoms with Crippen molar-refractivity contribution in [1.82, 2.24) is 0 Å². The Labute approximate surface area is 193 Å². The summed E-state index contributed by atoms with van der Waals surface area (Å²) in [4.78, 5) is 11.0. The average Bonchev–Trinajstić information content (AvgIpc) is 2.68. The smallest absolute Gasteiger partial charge is 0.328 e. The summed E-state index contributed by atoms with van der Waals surface area (Å²) >= 11 is 0. The fourth-order valence-electron chi connectivity index (χ4n) is 3.53. The normalized spacial score (nSPS) is 12.3. The highest BCUT2D eigenvalue weighted by molar-refractivity contribution is 5.86. The highest BCUT2D eigenvalue weighted by Gasteiger charge is 2.27. The van der Waals surface area contributed by atoms with Crippen molar-refractivity contribution in [2.24, 2.45) is 0 Å². The van der Waals surface area contributed by atoms with E-state index in [-0.39, 0.29) is 16.6 Å². The summed E-state index contributed by atoms with van der Waals surface area (Å²) in [7, 11) is 0. The highest BCUT2D eigenvalue weighted by atomic mass is 16.5. The van der Waals surface area contributed by atoms with Gasteiger partial charge in [-0.1, -0.05) is 79.5 Å². The molecule has 4 heteroatoms. The number of carboxylic acid groups (broad SMARTS) is 1. The van der Waals surface area contributed by atoms with E-state index in [0.29, 0.717) is 17.7 Å². The number of carbonyl (C=O) groups is 1. The molecule has 0 heterocycles. The number of unbranched alkanes of at least 4 members (excludes halogenated alkanes) is 2. The minimum atomic E-state index is -1.03. The zero-order valence-electron chi connectivity index (χ0n) is 20.5. The van der Waals surface area contributed by atoms with Crippen LogP contribution in [-0.4, -0.2) is 17.7 Å². The molecule has 0 aliphatic rings. The summed E-state index contributed by atoms with van der Waals surface area (Å²) in [6, 6.07) is 9.17. The van der Waals surface area contributed by atoms with Crippen LogP contribution in [0.5, 0.6) is 11.5 Å². The number of benzene rings is 2. The van der Waals surface area contributed by atoms with Crippen molar-refractivity contribution in [3.63, 3.8) is 0 Å². The van der Waals surface area contributed by atoms with Gasteiger partial charge in [0.25, 0.3) is 0 Å². The zero-order valence-corrected chi connectivity index (χ0v) is 20.5. The molecule has 0 unspecified atom stereocenters. The van der Waals surface area contributed by atoms with Gasteiger partial charge in [0, 0.05) is 17.2 Å². The molecule has 0 aromatic heterocycles. The molecule has 2 aromatic rings. The summed E-state index contributed by atoms with van der Waals surface area (Å²) in [6.45, 7) is 15.7. The first kappa shape index (κ1) is 25.5. The molecule has 0 atom stereocenters. The van der Waals surface area contributed by atoms with Gasteiger partial charge in [-0.05, 0) is 52.1 Å². The minimum absolute atomic E-state index is 0.109. The summed E-state index contributed by atoms with van der Waals surface area (Å²) in [6.07, 6.45) is 5.73. The monoisotopic (exact) mass is 437 g/mol. The molecule has 0 spiro atoms. The van der Waals surface area contributed by atoms with Crippen molar-refractivity contribution in [3.05, 3.63) is 53.1 Å². The lowest BCUT2D eigenvalue weighted by Crippen LogP contribution is -2.19. The van der Waals surface area contributed by atoms with Gasteiger partial charge in [-0.15, -0.1) is 5.75 Å². The third kappa shape index (κ3) is 6.62.